The van der Waals surface area contributed by atoms with E-state index in [0.717, 1.165) is 11.3 Å². The van der Waals surface area contributed by atoms with Crippen LogP contribution in [0.3, 0.4) is 0 Å². The number of nitrogens with two attached hydrogens (primary N) is 1. The van der Waals surface area contributed by atoms with Gasteiger partial charge in [-0.3, -0.25) is 0 Å². The lowest BCUT2D eigenvalue weighted by Gasteiger charge is -2.12. The molecule has 3 rings (SSSR count). The van der Waals surface area contributed by atoms with Crippen LogP contribution in [-0.4, -0.2) is 30.0 Å². The molecule has 26 heavy (non-hydrogen) atoms. The third-order valence-electron chi connectivity index (χ3n) is 3.78. The summed E-state index contributed by atoms with van der Waals surface area (Å²) in [5, 5.41) is 7.29. The molecule has 0 saturated heterocycles. The Hall–Kier alpha value is -3.48. The molecular weight excluding hydrogens is 330 g/mol. The highest BCUT2D eigenvalue weighted by atomic mass is 16.5. The van der Waals surface area contributed by atoms with Crippen molar-refractivity contribution in [2.75, 3.05) is 19.5 Å². The summed E-state index contributed by atoms with van der Waals surface area (Å²) in [6.07, 6.45) is 3.64. The maximum atomic E-state index is 6.03. The number of rotatable bonds is 6. The Morgan fingerprint density at radius 2 is 2.04 bits per heavy atom. The average molecular weight is 351 g/mol. The van der Waals surface area contributed by atoms with Gasteiger partial charge in [-0.1, -0.05) is 12.1 Å². The molecule has 0 atom stereocenters. The number of aromatic nitrogens is 2. The second-order valence-electron chi connectivity index (χ2n) is 5.51. The molecule has 3 aromatic rings. The van der Waals surface area contributed by atoms with E-state index in [-0.39, 0.29) is 0 Å². The fourth-order valence-corrected chi connectivity index (χ4v) is 2.48. The van der Waals surface area contributed by atoms with Gasteiger partial charge in [0.15, 0.2) is 5.96 Å². The number of ether oxygens (including phenoxy) is 2. The summed E-state index contributed by atoms with van der Waals surface area (Å²) in [4.78, 5) is 4.40. The van der Waals surface area contributed by atoms with Gasteiger partial charge in [0.2, 0.25) is 0 Å². The molecule has 1 aromatic heterocycles. The van der Waals surface area contributed by atoms with Crippen LogP contribution in [0.2, 0.25) is 0 Å². The highest BCUT2D eigenvalue weighted by molar-refractivity contribution is 5.94. The van der Waals surface area contributed by atoms with Crippen molar-refractivity contribution in [2.45, 2.75) is 6.54 Å². The molecule has 134 valence electrons. The number of guanidine groups is 1. The van der Waals surface area contributed by atoms with Crippen LogP contribution in [0.4, 0.5) is 5.69 Å². The summed E-state index contributed by atoms with van der Waals surface area (Å²) in [6.45, 7) is 0.445. The Labute approximate surface area is 152 Å². The van der Waals surface area contributed by atoms with Crippen LogP contribution in [-0.2, 0) is 6.54 Å². The quantitative estimate of drug-likeness (QED) is 0.527. The van der Waals surface area contributed by atoms with Gasteiger partial charge >= 0.3 is 0 Å². The number of hydrogen-bond donors (Lipinski definition) is 2. The number of benzene rings is 2. The monoisotopic (exact) mass is 351 g/mol. The molecule has 7 heteroatoms. The highest BCUT2D eigenvalue weighted by Crippen LogP contribution is 2.28. The molecule has 0 radical (unpaired) electrons. The zero-order valence-corrected chi connectivity index (χ0v) is 14.7. The number of nitrogens with zero attached hydrogens (tertiary/aromatic N) is 3. The van der Waals surface area contributed by atoms with Crippen LogP contribution >= 0.6 is 0 Å². The van der Waals surface area contributed by atoms with Crippen molar-refractivity contribution in [1.82, 2.24) is 9.78 Å². The van der Waals surface area contributed by atoms with Gasteiger partial charge in [-0.05, 0) is 35.9 Å². The van der Waals surface area contributed by atoms with Crippen LogP contribution in [0.1, 0.15) is 5.56 Å². The maximum absolute atomic E-state index is 6.03. The van der Waals surface area contributed by atoms with E-state index in [4.69, 9.17) is 15.2 Å². The molecule has 7 nitrogen and oxygen atoms in total. The number of hydrogen-bond acceptors (Lipinski definition) is 4. The Morgan fingerprint density at radius 1 is 1.15 bits per heavy atom. The molecule has 1 heterocycles. The molecule has 0 saturated carbocycles. The third-order valence-corrected chi connectivity index (χ3v) is 3.78. The van der Waals surface area contributed by atoms with Crippen molar-refractivity contribution >= 4 is 11.6 Å². The maximum Gasteiger partial charge on any atom is 0.193 e. The van der Waals surface area contributed by atoms with Gasteiger partial charge in [0.05, 0.1) is 32.1 Å². The van der Waals surface area contributed by atoms with Crippen LogP contribution in [0.15, 0.2) is 65.9 Å². The van der Waals surface area contributed by atoms with E-state index in [1.165, 1.54) is 0 Å². The summed E-state index contributed by atoms with van der Waals surface area (Å²) in [6, 6.07) is 15.3. The largest absolute Gasteiger partial charge is 0.497 e. The van der Waals surface area contributed by atoms with Gasteiger partial charge < -0.3 is 20.5 Å². The predicted octanol–water partition coefficient (Wildman–Crippen LogP) is 2.82. The van der Waals surface area contributed by atoms with Crippen molar-refractivity contribution in [2.24, 2.45) is 10.7 Å². The lowest BCUT2D eigenvalue weighted by atomic mass is 10.2. The van der Waals surface area contributed by atoms with Gasteiger partial charge in [0.1, 0.15) is 11.5 Å². The van der Waals surface area contributed by atoms with Crippen molar-refractivity contribution in [3.8, 4) is 17.2 Å². The first-order valence-electron chi connectivity index (χ1n) is 8.07. The minimum atomic E-state index is 0.293. The molecule has 0 aliphatic carbocycles. The fourth-order valence-electron chi connectivity index (χ4n) is 2.48. The SMILES string of the molecule is COc1ccc(OC)c(NC(N)=NCc2cccc(-n3cccn3)c2)c1. The number of aliphatic imine (C=N–C) groups is 1. The lowest BCUT2D eigenvalue weighted by molar-refractivity contribution is 0.405. The van der Waals surface area contributed by atoms with Crippen LogP contribution in [0.5, 0.6) is 11.5 Å². The Balaban J connectivity index is 1.72. The number of anilines is 1. The van der Waals surface area contributed by atoms with E-state index < -0.39 is 0 Å². The van der Waals surface area contributed by atoms with Gasteiger partial charge in [-0.15, -0.1) is 0 Å². The second-order valence-corrected chi connectivity index (χ2v) is 5.51. The summed E-state index contributed by atoms with van der Waals surface area (Å²) in [5.74, 6) is 1.65. The minimum absolute atomic E-state index is 0.293. The molecule has 0 unspecified atom stereocenters. The average Bonchev–Trinajstić information content (AvgIpc) is 3.21. The third kappa shape index (κ3) is 4.13. The van der Waals surface area contributed by atoms with Crippen LogP contribution in [0.25, 0.3) is 5.69 Å². The Bertz CT molecular complexity index is 891. The van der Waals surface area contributed by atoms with Crippen molar-refractivity contribution < 1.29 is 9.47 Å². The molecule has 3 N–H and O–H groups in total. The summed E-state index contributed by atoms with van der Waals surface area (Å²) < 4.78 is 12.4. The topological polar surface area (TPSA) is 86.7 Å². The minimum Gasteiger partial charge on any atom is -0.497 e. The van der Waals surface area contributed by atoms with Crippen molar-refractivity contribution in [3.63, 3.8) is 0 Å². The van der Waals surface area contributed by atoms with E-state index in [9.17, 15) is 0 Å². The Kier molecular flexibility index (Phi) is 5.38. The molecule has 0 bridgehead atoms. The zero-order chi connectivity index (χ0) is 18.4. The number of nitrogens with one attached hydrogen (secondary N) is 1. The molecular formula is C19H21N5O2. The molecule has 2 aromatic carbocycles. The molecule has 0 fully saturated rings. The first-order valence-corrected chi connectivity index (χ1v) is 8.07. The van der Waals surface area contributed by atoms with Crippen molar-refractivity contribution in [3.05, 3.63) is 66.5 Å². The Morgan fingerprint density at radius 3 is 2.77 bits per heavy atom. The predicted molar refractivity (Wildman–Crippen MR) is 102 cm³/mol. The molecule has 0 amide bonds. The first kappa shape index (κ1) is 17.3. The zero-order valence-electron chi connectivity index (χ0n) is 14.7. The van der Waals surface area contributed by atoms with Crippen LogP contribution in [0, 0.1) is 0 Å². The first-order chi connectivity index (χ1) is 12.7. The van der Waals surface area contributed by atoms with E-state index in [1.54, 1.807) is 31.2 Å². The standard InChI is InChI=1S/C19H21N5O2/c1-25-16-7-8-18(26-2)17(12-16)23-19(20)21-13-14-5-3-6-15(11-14)24-10-4-9-22-24/h3-12H,13H2,1-2H3,(H3,20,21,23). The highest BCUT2D eigenvalue weighted by Gasteiger charge is 2.06. The smallest absolute Gasteiger partial charge is 0.193 e. The summed E-state index contributed by atoms with van der Waals surface area (Å²) in [7, 11) is 3.21. The summed E-state index contributed by atoms with van der Waals surface area (Å²) in [5.41, 5.74) is 8.72. The fraction of sp³-hybridized carbons (Fsp3) is 0.158. The van der Waals surface area contributed by atoms with E-state index in [1.807, 2.05) is 48.7 Å². The van der Waals surface area contributed by atoms with Crippen molar-refractivity contribution in [1.29, 1.82) is 0 Å². The van der Waals surface area contributed by atoms with Crippen LogP contribution < -0.4 is 20.5 Å². The van der Waals surface area contributed by atoms with Gasteiger partial charge in [-0.2, -0.15) is 5.10 Å². The molecule has 0 aliphatic rings. The van der Waals surface area contributed by atoms with Gasteiger partial charge in [0.25, 0.3) is 0 Å². The molecule has 0 spiro atoms. The second kappa shape index (κ2) is 8.06. The van der Waals surface area contributed by atoms with E-state index in [0.29, 0.717) is 29.7 Å². The number of methoxy groups -OCH3 is 2. The van der Waals surface area contributed by atoms with Gasteiger partial charge in [-0.25, -0.2) is 9.67 Å². The van der Waals surface area contributed by atoms with E-state index in [2.05, 4.69) is 15.4 Å². The van der Waals surface area contributed by atoms with E-state index >= 15 is 0 Å². The van der Waals surface area contributed by atoms with Gasteiger partial charge in [0, 0.05) is 18.5 Å². The summed E-state index contributed by atoms with van der Waals surface area (Å²) >= 11 is 0. The lowest BCUT2D eigenvalue weighted by Crippen LogP contribution is -2.23. The molecule has 0 aliphatic heterocycles. The normalized spacial score (nSPS) is 11.2.